The number of hydrogen-bond donors (Lipinski definition) is 1. The van der Waals surface area contributed by atoms with Crippen LogP contribution >= 0.6 is 0 Å². The summed E-state index contributed by atoms with van der Waals surface area (Å²) in [6.45, 7) is 6.03. The van der Waals surface area contributed by atoms with Crippen molar-refractivity contribution in [2.45, 2.75) is 27.3 Å². The van der Waals surface area contributed by atoms with Gasteiger partial charge in [-0.25, -0.2) is 4.98 Å². The first kappa shape index (κ1) is 12.2. The minimum Gasteiger partial charge on any atom is -0.352 e. The molecule has 0 spiro atoms. The molecule has 0 aromatic carbocycles. The summed E-state index contributed by atoms with van der Waals surface area (Å²) in [5, 5.41) is 2.75. The Hall–Kier alpha value is -1.84. The molecule has 2 aromatic heterocycles. The molecule has 1 N–H and O–H groups in total. The summed E-state index contributed by atoms with van der Waals surface area (Å²) in [6, 6.07) is 3.89. The van der Waals surface area contributed by atoms with Gasteiger partial charge in [-0.05, 0) is 6.07 Å². The van der Waals surface area contributed by atoms with Crippen molar-refractivity contribution in [1.82, 2.24) is 14.7 Å². The Balaban J connectivity index is 0.000000606. The molecule has 0 radical (unpaired) electrons. The maximum Gasteiger partial charge on any atom is 0.217 e. The summed E-state index contributed by atoms with van der Waals surface area (Å²) in [5.41, 5.74) is 1.91. The lowest BCUT2D eigenvalue weighted by Gasteiger charge is -2.03. The predicted molar refractivity (Wildman–Crippen MR) is 64.1 cm³/mol. The van der Waals surface area contributed by atoms with E-state index in [4.69, 9.17) is 0 Å². The molecular weight excluding hydrogens is 202 g/mol. The van der Waals surface area contributed by atoms with Gasteiger partial charge >= 0.3 is 0 Å². The van der Waals surface area contributed by atoms with E-state index in [9.17, 15) is 4.79 Å². The van der Waals surface area contributed by atoms with Crippen LogP contribution in [0, 0.1) is 0 Å². The highest BCUT2D eigenvalue weighted by Gasteiger charge is 2.01. The summed E-state index contributed by atoms with van der Waals surface area (Å²) in [7, 11) is 0. The van der Waals surface area contributed by atoms with Crippen molar-refractivity contribution in [1.29, 1.82) is 0 Å². The fraction of sp³-hybridized carbons (Fsp3) is 0.333. The highest BCUT2D eigenvalue weighted by Crippen LogP contribution is 2.07. The lowest BCUT2D eigenvalue weighted by atomic mass is 10.2. The number of pyridine rings is 1. The average molecular weight is 219 g/mol. The summed E-state index contributed by atoms with van der Waals surface area (Å²) in [4.78, 5) is 15.0. The first-order chi connectivity index (χ1) is 7.77. The third-order valence-corrected chi connectivity index (χ3v) is 2.03. The molecule has 0 atom stereocenters. The molecule has 0 unspecified atom stereocenters. The van der Waals surface area contributed by atoms with Crippen LogP contribution in [0.3, 0.4) is 0 Å². The van der Waals surface area contributed by atoms with Crippen LogP contribution in [0.25, 0.3) is 5.65 Å². The van der Waals surface area contributed by atoms with Crippen LogP contribution in [0.15, 0.2) is 30.7 Å². The standard InChI is InChI=1S/C10H11N3O.C2H6/c1-8(14)12-7-9-3-2-5-13-6-4-11-10(9)13;1-2/h2-6H,7H2,1H3,(H,12,14);1-2H3. The number of imidazole rings is 1. The van der Waals surface area contributed by atoms with Crippen molar-refractivity contribution in [3.63, 3.8) is 0 Å². The minimum atomic E-state index is -0.0291. The quantitative estimate of drug-likeness (QED) is 0.839. The lowest BCUT2D eigenvalue weighted by Crippen LogP contribution is -2.19. The van der Waals surface area contributed by atoms with Gasteiger partial charge in [-0.3, -0.25) is 4.79 Å². The Morgan fingerprint density at radius 3 is 2.88 bits per heavy atom. The van der Waals surface area contributed by atoms with Gasteiger partial charge in [0.05, 0.1) is 0 Å². The average Bonchev–Trinajstić information content (AvgIpc) is 2.77. The molecule has 86 valence electrons. The van der Waals surface area contributed by atoms with Crippen molar-refractivity contribution in [2.75, 3.05) is 0 Å². The van der Waals surface area contributed by atoms with Gasteiger partial charge in [-0.2, -0.15) is 0 Å². The number of nitrogens with zero attached hydrogens (tertiary/aromatic N) is 2. The molecule has 0 aliphatic rings. The summed E-state index contributed by atoms with van der Waals surface area (Å²) >= 11 is 0. The Labute approximate surface area is 95.3 Å². The second kappa shape index (κ2) is 5.90. The second-order valence-corrected chi connectivity index (χ2v) is 3.10. The SMILES string of the molecule is CC.CC(=O)NCc1cccn2ccnc12. The topological polar surface area (TPSA) is 46.4 Å². The van der Waals surface area contributed by atoms with E-state index in [0.29, 0.717) is 6.54 Å². The molecule has 4 heteroatoms. The van der Waals surface area contributed by atoms with E-state index < -0.39 is 0 Å². The number of rotatable bonds is 2. The van der Waals surface area contributed by atoms with E-state index in [0.717, 1.165) is 11.2 Å². The number of hydrogen-bond acceptors (Lipinski definition) is 2. The lowest BCUT2D eigenvalue weighted by molar-refractivity contribution is -0.119. The first-order valence-electron chi connectivity index (χ1n) is 5.42. The number of carbonyl (C=O) groups excluding carboxylic acids is 1. The fourth-order valence-electron chi connectivity index (χ4n) is 1.37. The molecule has 0 saturated carbocycles. The van der Waals surface area contributed by atoms with Gasteiger partial charge in [-0.15, -0.1) is 0 Å². The third kappa shape index (κ3) is 2.82. The van der Waals surface area contributed by atoms with Crippen LogP contribution in [0.1, 0.15) is 26.3 Å². The first-order valence-corrected chi connectivity index (χ1v) is 5.42. The van der Waals surface area contributed by atoms with Crippen LogP contribution in [0.4, 0.5) is 0 Å². The molecule has 2 rings (SSSR count). The molecule has 1 amide bonds. The van der Waals surface area contributed by atoms with Gasteiger partial charge in [0.15, 0.2) is 0 Å². The van der Waals surface area contributed by atoms with Gasteiger partial charge in [0.25, 0.3) is 0 Å². The number of amides is 1. The molecule has 16 heavy (non-hydrogen) atoms. The molecule has 0 saturated heterocycles. The van der Waals surface area contributed by atoms with Crippen molar-refractivity contribution in [2.24, 2.45) is 0 Å². The van der Waals surface area contributed by atoms with Crippen molar-refractivity contribution >= 4 is 11.6 Å². The van der Waals surface area contributed by atoms with Crippen LogP contribution < -0.4 is 5.32 Å². The largest absolute Gasteiger partial charge is 0.352 e. The predicted octanol–water partition coefficient (Wildman–Crippen LogP) is 2.00. The number of aromatic nitrogens is 2. The molecular formula is C12H17N3O. The number of fused-ring (bicyclic) bond motifs is 1. The Bertz CT molecular complexity index is 462. The van der Waals surface area contributed by atoms with E-state index in [2.05, 4.69) is 10.3 Å². The van der Waals surface area contributed by atoms with E-state index in [1.165, 1.54) is 6.92 Å². The second-order valence-electron chi connectivity index (χ2n) is 3.10. The smallest absolute Gasteiger partial charge is 0.217 e. The van der Waals surface area contributed by atoms with E-state index in [1.807, 2.05) is 42.8 Å². The van der Waals surface area contributed by atoms with E-state index in [-0.39, 0.29) is 5.91 Å². The van der Waals surface area contributed by atoms with Gasteiger partial charge in [-0.1, -0.05) is 19.9 Å². The van der Waals surface area contributed by atoms with Crippen LogP contribution in [-0.2, 0) is 11.3 Å². The maximum absolute atomic E-state index is 10.8. The van der Waals surface area contributed by atoms with Gasteiger partial charge < -0.3 is 9.72 Å². The van der Waals surface area contributed by atoms with Crippen LogP contribution in [-0.4, -0.2) is 15.3 Å². The van der Waals surface area contributed by atoms with Crippen molar-refractivity contribution < 1.29 is 4.79 Å². The van der Waals surface area contributed by atoms with Crippen molar-refractivity contribution in [3.05, 3.63) is 36.3 Å². The zero-order valence-corrected chi connectivity index (χ0v) is 9.90. The number of nitrogens with one attached hydrogen (secondary N) is 1. The summed E-state index contributed by atoms with van der Waals surface area (Å²) < 4.78 is 1.93. The van der Waals surface area contributed by atoms with Crippen molar-refractivity contribution in [3.8, 4) is 0 Å². The molecule has 2 heterocycles. The van der Waals surface area contributed by atoms with Gasteiger partial charge in [0.1, 0.15) is 5.65 Å². The monoisotopic (exact) mass is 219 g/mol. The van der Waals surface area contributed by atoms with E-state index in [1.54, 1.807) is 6.20 Å². The maximum atomic E-state index is 10.8. The minimum absolute atomic E-state index is 0.0291. The molecule has 0 bridgehead atoms. The zero-order valence-electron chi connectivity index (χ0n) is 9.90. The highest BCUT2D eigenvalue weighted by atomic mass is 16.1. The zero-order chi connectivity index (χ0) is 12.0. The fourth-order valence-corrected chi connectivity index (χ4v) is 1.37. The van der Waals surface area contributed by atoms with Gasteiger partial charge in [0.2, 0.25) is 5.91 Å². The highest BCUT2D eigenvalue weighted by molar-refractivity contribution is 5.73. The summed E-state index contributed by atoms with van der Waals surface area (Å²) in [6.07, 6.45) is 5.55. The molecule has 4 nitrogen and oxygen atoms in total. The number of carbonyl (C=O) groups is 1. The van der Waals surface area contributed by atoms with Crippen LogP contribution in [0.2, 0.25) is 0 Å². The Kier molecular flexibility index (Phi) is 4.51. The third-order valence-electron chi connectivity index (χ3n) is 2.03. The van der Waals surface area contributed by atoms with E-state index >= 15 is 0 Å². The molecule has 2 aromatic rings. The molecule has 0 aliphatic heterocycles. The Morgan fingerprint density at radius 2 is 2.19 bits per heavy atom. The molecule has 0 fully saturated rings. The summed E-state index contributed by atoms with van der Waals surface area (Å²) in [5.74, 6) is -0.0291. The van der Waals surface area contributed by atoms with Crippen LogP contribution in [0.5, 0.6) is 0 Å². The van der Waals surface area contributed by atoms with Gasteiger partial charge in [0, 0.05) is 37.6 Å². The Morgan fingerprint density at radius 1 is 1.44 bits per heavy atom. The molecule has 0 aliphatic carbocycles. The normalized spacial score (nSPS) is 9.44.